The number of thiophene rings is 1. The molecule has 2 atom stereocenters. The average molecular weight is 371 g/mol. The Morgan fingerprint density at radius 3 is 2.56 bits per heavy atom. The minimum absolute atomic E-state index is 0.399. The Kier molecular flexibility index (Phi) is 4.27. The van der Waals surface area contributed by atoms with Gasteiger partial charge >= 0.3 is 0 Å². The molecule has 0 radical (unpaired) electrons. The highest BCUT2D eigenvalue weighted by Crippen LogP contribution is 2.46. The molecule has 1 aliphatic rings. The van der Waals surface area contributed by atoms with Crippen LogP contribution in [0.4, 0.5) is 0 Å². The van der Waals surface area contributed by atoms with E-state index in [1.807, 2.05) is 23.6 Å². The lowest BCUT2D eigenvalue weighted by molar-refractivity contribution is 0.161. The van der Waals surface area contributed by atoms with E-state index in [1.165, 1.54) is 26.1 Å². The maximum Gasteiger partial charge on any atom is 0.0544 e. The summed E-state index contributed by atoms with van der Waals surface area (Å²) in [5, 5.41) is 1.41. The third-order valence-corrected chi connectivity index (χ3v) is 6.98. The average Bonchev–Trinajstić information content (AvgIpc) is 3.08. The van der Waals surface area contributed by atoms with E-state index in [2.05, 4.69) is 83.5 Å². The largest absolute Gasteiger partial charge is 0.290 e. The van der Waals surface area contributed by atoms with Crippen molar-refractivity contribution >= 4 is 21.4 Å². The van der Waals surface area contributed by atoms with Crippen molar-refractivity contribution in [3.8, 4) is 0 Å². The monoisotopic (exact) mass is 370 g/mol. The van der Waals surface area contributed by atoms with Gasteiger partial charge in [-0.05, 0) is 41.6 Å². The molecule has 0 bridgehead atoms. The molecule has 0 aliphatic carbocycles. The van der Waals surface area contributed by atoms with Gasteiger partial charge < -0.3 is 0 Å². The normalized spacial score (nSPS) is 19.9. The zero-order valence-corrected chi connectivity index (χ0v) is 16.2. The fraction of sp³-hybridized carbons (Fsp3) is 0.208. The van der Waals surface area contributed by atoms with Gasteiger partial charge in [-0.15, -0.1) is 11.3 Å². The number of fused-ring (bicyclic) bond motifs is 3. The molecule has 5 rings (SSSR count). The van der Waals surface area contributed by atoms with Gasteiger partial charge in [0, 0.05) is 40.8 Å². The summed E-state index contributed by atoms with van der Waals surface area (Å²) >= 11 is 1.97. The first-order valence-corrected chi connectivity index (χ1v) is 10.3. The Hall–Kier alpha value is -2.49. The fourth-order valence-corrected chi connectivity index (χ4v) is 5.74. The summed E-state index contributed by atoms with van der Waals surface area (Å²) in [7, 11) is 0. The Morgan fingerprint density at radius 1 is 0.963 bits per heavy atom. The van der Waals surface area contributed by atoms with Crippen LogP contribution in [-0.2, 0) is 13.1 Å². The summed E-state index contributed by atoms with van der Waals surface area (Å²) < 4.78 is 1.40. The Bertz CT molecular complexity index is 1060. The zero-order valence-electron chi connectivity index (χ0n) is 15.4. The molecule has 0 amide bonds. The molecule has 2 aromatic carbocycles. The molecule has 2 unspecified atom stereocenters. The van der Waals surface area contributed by atoms with E-state index in [1.54, 1.807) is 0 Å². The highest BCUT2D eigenvalue weighted by molar-refractivity contribution is 7.19. The zero-order chi connectivity index (χ0) is 18.2. The third kappa shape index (κ3) is 2.97. The van der Waals surface area contributed by atoms with E-state index < -0.39 is 0 Å². The van der Waals surface area contributed by atoms with Gasteiger partial charge in [-0.3, -0.25) is 9.88 Å². The van der Waals surface area contributed by atoms with E-state index >= 15 is 0 Å². The van der Waals surface area contributed by atoms with Gasteiger partial charge in [0.05, 0.1) is 5.69 Å². The lowest BCUT2D eigenvalue weighted by Gasteiger charge is -2.39. The summed E-state index contributed by atoms with van der Waals surface area (Å²) in [4.78, 5) is 8.69. The van der Waals surface area contributed by atoms with E-state index in [9.17, 15) is 0 Å². The maximum absolute atomic E-state index is 4.57. The second-order valence-corrected chi connectivity index (χ2v) is 8.38. The molecule has 3 heteroatoms. The summed E-state index contributed by atoms with van der Waals surface area (Å²) in [5.74, 6) is 0.399. The lowest BCUT2D eigenvalue weighted by atomic mass is 9.84. The van der Waals surface area contributed by atoms with Crippen LogP contribution < -0.4 is 0 Å². The Balaban J connectivity index is 1.63. The first-order chi connectivity index (χ1) is 13.3. The van der Waals surface area contributed by atoms with Gasteiger partial charge in [-0.2, -0.15) is 0 Å². The van der Waals surface area contributed by atoms with Crippen molar-refractivity contribution in [1.29, 1.82) is 0 Å². The topological polar surface area (TPSA) is 16.1 Å². The standard InChI is InChI=1S/C24H22N2S/c1-17-23(18-9-3-2-4-10-18)24-21(20-12-5-6-13-22(20)27-24)16-26(17)15-19-11-7-8-14-25-19/h2-14,17,23H,15-16H2,1H3. The van der Waals surface area contributed by atoms with Crippen molar-refractivity contribution in [2.24, 2.45) is 0 Å². The quantitative estimate of drug-likeness (QED) is 0.451. The molecular formula is C24H22N2S. The van der Waals surface area contributed by atoms with Gasteiger partial charge in [-0.1, -0.05) is 54.6 Å². The van der Waals surface area contributed by atoms with E-state index in [0.29, 0.717) is 12.0 Å². The highest BCUT2D eigenvalue weighted by atomic mass is 32.1. The maximum atomic E-state index is 4.57. The molecule has 0 saturated carbocycles. The number of rotatable bonds is 3. The Labute approximate surface area is 164 Å². The summed E-state index contributed by atoms with van der Waals surface area (Å²) in [5.41, 5.74) is 4.04. The molecule has 4 aromatic rings. The number of pyridine rings is 1. The summed E-state index contributed by atoms with van der Waals surface area (Å²) in [6.07, 6.45) is 1.89. The van der Waals surface area contributed by atoms with Crippen molar-refractivity contribution in [1.82, 2.24) is 9.88 Å². The lowest BCUT2D eigenvalue weighted by Crippen LogP contribution is -2.40. The minimum atomic E-state index is 0.399. The van der Waals surface area contributed by atoms with Gasteiger partial charge in [0.2, 0.25) is 0 Å². The van der Waals surface area contributed by atoms with Gasteiger partial charge in [-0.25, -0.2) is 0 Å². The number of hydrogen-bond donors (Lipinski definition) is 0. The minimum Gasteiger partial charge on any atom is -0.290 e. The molecule has 3 heterocycles. The number of aromatic nitrogens is 1. The van der Waals surface area contributed by atoms with Crippen LogP contribution in [0.1, 0.15) is 34.5 Å². The van der Waals surface area contributed by atoms with Crippen LogP contribution in [-0.4, -0.2) is 15.9 Å². The van der Waals surface area contributed by atoms with Crippen LogP contribution in [0.2, 0.25) is 0 Å². The molecule has 0 saturated heterocycles. The SMILES string of the molecule is CC1C(c2ccccc2)c2sc3ccccc3c2CN1Cc1ccccn1. The second kappa shape index (κ2) is 6.91. The van der Waals surface area contributed by atoms with E-state index in [0.717, 1.165) is 18.8 Å². The van der Waals surface area contributed by atoms with Gasteiger partial charge in [0.25, 0.3) is 0 Å². The highest BCUT2D eigenvalue weighted by Gasteiger charge is 2.35. The fourth-order valence-electron chi connectivity index (χ4n) is 4.30. The molecule has 134 valence electrons. The predicted octanol–water partition coefficient (Wildman–Crippen LogP) is 5.83. The van der Waals surface area contributed by atoms with Crippen LogP contribution in [0.5, 0.6) is 0 Å². The number of nitrogens with zero attached hydrogens (tertiary/aromatic N) is 2. The molecule has 1 aliphatic heterocycles. The van der Waals surface area contributed by atoms with Crippen LogP contribution >= 0.6 is 11.3 Å². The van der Waals surface area contributed by atoms with Crippen LogP contribution in [0, 0.1) is 0 Å². The van der Waals surface area contributed by atoms with Crippen molar-refractivity contribution in [3.63, 3.8) is 0 Å². The molecule has 0 N–H and O–H groups in total. The van der Waals surface area contributed by atoms with Gasteiger partial charge in [0.1, 0.15) is 0 Å². The van der Waals surface area contributed by atoms with Crippen LogP contribution in [0.3, 0.4) is 0 Å². The molecule has 27 heavy (non-hydrogen) atoms. The molecule has 0 fully saturated rings. The Morgan fingerprint density at radius 2 is 1.74 bits per heavy atom. The van der Waals surface area contributed by atoms with Crippen LogP contribution in [0.15, 0.2) is 79.0 Å². The van der Waals surface area contributed by atoms with Crippen LogP contribution in [0.25, 0.3) is 10.1 Å². The number of hydrogen-bond acceptors (Lipinski definition) is 3. The van der Waals surface area contributed by atoms with Crippen molar-refractivity contribution in [2.75, 3.05) is 0 Å². The van der Waals surface area contributed by atoms with Crippen molar-refractivity contribution in [2.45, 2.75) is 32.0 Å². The summed E-state index contributed by atoms with van der Waals surface area (Å²) in [6.45, 7) is 4.24. The van der Waals surface area contributed by atoms with E-state index in [-0.39, 0.29) is 0 Å². The molecular weight excluding hydrogens is 348 g/mol. The summed E-state index contributed by atoms with van der Waals surface area (Å²) in [6, 6.07) is 26.5. The smallest absolute Gasteiger partial charge is 0.0544 e. The van der Waals surface area contributed by atoms with E-state index in [4.69, 9.17) is 0 Å². The molecule has 2 aromatic heterocycles. The molecule has 0 spiro atoms. The second-order valence-electron chi connectivity index (χ2n) is 7.30. The predicted molar refractivity (Wildman–Crippen MR) is 113 cm³/mol. The first kappa shape index (κ1) is 16.7. The number of benzene rings is 2. The third-order valence-electron chi connectivity index (χ3n) is 5.68. The first-order valence-electron chi connectivity index (χ1n) is 9.50. The van der Waals surface area contributed by atoms with Crippen molar-refractivity contribution in [3.05, 3.63) is 101 Å². The molecule has 2 nitrogen and oxygen atoms in total. The van der Waals surface area contributed by atoms with Gasteiger partial charge in [0.15, 0.2) is 0 Å². The van der Waals surface area contributed by atoms with Crippen molar-refractivity contribution < 1.29 is 0 Å².